The van der Waals surface area contributed by atoms with Crippen molar-refractivity contribution in [3.63, 3.8) is 0 Å². The molecule has 0 fully saturated rings. The summed E-state index contributed by atoms with van der Waals surface area (Å²) < 4.78 is 11.8. The monoisotopic (exact) mass is 132 g/mol. The highest BCUT2D eigenvalue weighted by atomic mass is 19.1. The van der Waals surface area contributed by atoms with Gasteiger partial charge in [0, 0.05) is 6.54 Å². The van der Waals surface area contributed by atoms with Crippen LogP contribution in [0.5, 0.6) is 0 Å². The third kappa shape index (κ3) is 3.21. The lowest BCUT2D eigenvalue weighted by molar-refractivity contribution is 0.455. The molecule has 0 heterocycles. The van der Waals surface area contributed by atoms with Gasteiger partial charge in [0.15, 0.2) is 0 Å². The Labute approximate surface area is 54.7 Å². The van der Waals surface area contributed by atoms with Crippen LogP contribution in [-0.2, 0) is 0 Å². The normalized spacial score (nSPS) is 15.8. The molecule has 1 unspecified atom stereocenters. The van der Waals surface area contributed by atoms with Crippen LogP contribution in [0.25, 0.3) is 0 Å². The van der Waals surface area contributed by atoms with Crippen LogP contribution < -0.4 is 11.5 Å². The Morgan fingerprint density at radius 2 is 2.33 bits per heavy atom. The molecular formula is C6H13FN2. The van der Waals surface area contributed by atoms with Gasteiger partial charge in [-0.2, -0.15) is 0 Å². The predicted octanol–water partition coefficient (Wildman–Crippen LogP) is 0.188. The molecule has 0 saturated carbocycles. The van der Waals surface area contributed by atoms with E-state index in [0.717, 1.165) is 5.57 Å². The summed E-state index contributed by atoms with van der Waals surface area (Å²) in [4.78, 5) is 0. The molecule has 1 atom stereocenters. The lowest BCUT2D eigenvalue weighted by Gasteiger charge is -2.05. The SMILES string of the molecule is C/C(=C\CN)C(N)CF. The maximum atomic E-state index is 11.8. The Hall–Kier alpha value is -0.410. The summed E-state index contributed by atoms with van der Waals surface area (Å²) in [5, 5.41) is 0. The zero-order chi connectivity index (χ0) is 7.28. The fourth-order valence-electron chi connectivity index (χ4n) is 0.459. The third-order valence-electron chi connectivity index (χ3n) is 1.19. The van der Waals surface area contributed by atoms with Gasteiger partial charge in [0.05, 0.1) is 6.04 Å². The van der Waals surface area contributed by atoms with Gasteiger partial charge >= 0.3 is 0 Å². The molecule has 0 aromatic rings. The number of nitrogens with two attached hydrogens (primary N) is 2. The van der Waals surface area contributed by atoms with Crippen molar-refractivity contribution in [1.29, 1.82) is 0 Å². The molecule has 54 valence electrons. The Bertz CT molecular complexity index is 101. The molecular weight excluding hydrogens is 119 g/mol. The van der Waals surface area contributed by atoms with Gasteiger partial charge in [-0.3, -0.25) is 0 Å². The van der Waals surface area contributed by atoms with E-state index in [1.807, 2.05) is 0 Å². The lowest BCUT2D eigenvalue weighted by atomic mass is 10.1. The second-order valence-electron chi connectivity index (χ2n) is 1.94. The average molecular weight is 132 g/mol. The molecule has 0 rings (SSSR count). The summed E-state index contributed by atoms with van der Waals surface area (Å²) in [7, 11) is 0. The Kier molecular flexibility index (Phi) is 4.26. The maximum Gasteiger partial charge on any atom is 0.108 e. The van der Waals surface area contributed by atoms with Crippen LogP contribution >= 0.6 is 0 Å². The van der Waals surface area contributed by atoms with E-state index < -0.39 is 12.7 Å². The molecule has 0 radical (unpaired) electrons. The first-order chi connectivity index (χ1) is 4.22. The van der Waals surface area contributed by atoms with Crippen LogP contribution in [-0.4, -0.2) is 19.3 Å². The number of halogens is 1. The second kappa shape index (κ2) is 4.47. The molecule has 0 aliphatic heterocycles. The van der Waals surface area contributed by atoms with Gasteiger partial charge in [0.1, 0.15) is 6.67 Å². The van der Waals surface area contributed by atoms with Crippen molar-refractivity contribution in [1.82, 2.24) is 0 Å². The minimum Gasteiger partial charge on any atom is -0.327 e. The number of hydrogen-bond acceptors (Lipinski definition) is 2. The largest absolute Gasteiger partial charge is 0.327 e. The van der Waals surface area contributed by atoms with Crippen molar-refractivity contribution in [3.05, 3.63) is 11.6 Å². The fraction of sp³-hybridized carbons (Fsp3) is 0.667. The van der Waals surface area contributed by atoms with E-state index >= 15 is 0 Å². The van der Waals surface area contributed by atoms with E-state index in [9.17, 15) is 4.39 Å². The molecule has 0 spiro atoms. The summed E-state index contributed by atoms with van der Waals surface area (Å²) in [5.41, 5.74) is 11.3. The molecule has 0 aromatic heterocycles. The first-order valence-corrected chi connectivity index (χ1v) is 2.90. The van der Waals surface area contributed by atoms with Gasteiger partial charge in [-0.25, -0.2) is 4.39 Å². The first-order valence-electron chi connectivity index (χ1n) is 2.90. The first kappa shape index (κ1) is 8.59. The average Bonchev–Trinajstić information content (AvgIpc) is 1.87. The molecule has 0 aliphatic rings. The highest BCUT2D eigenvalue weighted by Gasteiger charge is 2.00. The molecule has 0 amide bonds. The number of rotatable bonds is 3. The van der Waals surface area contributed by atoms with Crippen LogP contribution in [0.3, 0.4) is 0 Å². The highest BCUT2D eigenvalue weighted by molar-refractivity contribution is 5.06. The fourth-order valence-corrected chi connectivity index (χ4v) is 0.459. The third-order valence-corrected chi connectivity index (χ3v) is 1.19. The van der Waals surface area contributed by atoms with E-state index in [2.05, 4.69) is 0 Å². The molecule has 0 aliphatic carbocycles. The van der Waals surface area contributed by atoms with Crippen LogP contribution in [0.1, 0.15) is 6.92 Å². The molecule has 0 aromatic carbocycles. The van der Waals surface area contributed by atoms with E-state index in [0.29, 0.717) is 6.54 Å². The highest BCUT2D eigenvalue weighted by Crippen LogP contribution is 1.96. The van der Waals surface area contributed by atoms with Crippen LogP contribution in [0.15, 0.2) is 11.6 Å². The topological polar surface area (TPSA) is 52.0 Å². The Balaban J connectivity index is 3.70. The zero-order valence-corrected chi connectivity index (χ0v) is 5.60. The van der Waals surface area contributed by atoms with Crippen molar-refractivity contribution in [2.24, 2.45) is 11.5 Å². The van der Waals surface area contributed by atoms with E-state index in [-0.39, 0.29) is 0 Å². The van der Waals surface area contributed by atoms with Gasteiger partial charge in [0.25, 0.3) is 0 Å². The molecule has 9 heavy (non-hydrogen) atoms. The second-order valence-corrected chi connectivity index (χ2v) is 1.94. The minimum atomic E-state index is -0.512. The molecule has 0 bridgehead atoms. The summed E-state index contributed by atoms with van der Waals surface area (Å²) in [6.07, 6.45) is 1.73. The lowest BCUT2D eigenvalue weighted by Crippen LogP contribution is -2.24. The summed E-state index contributed by atoms with van der Waals surface area (Å²) in [6, 6.07) is -0.464. The Morgan fingerprint density at radius 1 is 1.78 bits per heavy atom. The van der Waals surface area contributed by atoms with Crippen LogP contribution in [0, 0.1) is 0 Å². The quantitative estimate of drug-likeness (QED) is 0.538. The Morgan fingerprint density at radius 3 is 2.67 bits per heavy atom. The molecule has 4 N–H and O–H groups in total. The van der Waals surface area contributed by atoms with E-state index in [4.69, 9.17) is 11.5 Å². The standard InChI is InChI=1S/C6H13FN2/c1-5(2-3-8)6(9)4-7/h2,6H,3-4,8-9H2,1H3/b5-2+. The van der Waals surface area contributed by atoms with Gasteiger partial charge < -0.3 is 11.5 Å². The number of alkyl halides is 1. The van der Waals surface area contributed by atoms with E-state index in [1.54, 1.807) is 13.0 Å². The van der Waals surface area contributed by atoms with Gasteiger partial charge in [0.2, 0.25) is 0 Å². The van der Waals surface area contributed by atoms with Crippen molar-refractivity contribution in [2.75, 3.05) is 13.2 Å². The predicted molar refractivity (Wildman–Crippen MR) is 36.8 cm³/mol. The van der Waals surface area contributed by atoms with Crippen molar-refractivity contribution < 1.29 is 4.39 Å². The van der Waals surface area contributed by atoms with Crippen molar-refractivity contribution in [3.8, 4) is 0 Å². The smallest absolute Gasteiger partial charge is 0.108 e. The number of hydrogen-bond donors (Lipinski definition) is 2. The van der Waals surface area contributed by atoms with Crippen LogP contribution in [0.4, 0.5) is 4.39 Å². The van der Waals surface area contributed by atoms with Crippen molar-refractivity contribution in [2.45, 2.75) is 13.0 Å². The summed E-state index contributed by atoms with van der Waals surface area (Å²) in [5.74, 6) is 0. The van der Waals surface area contributed by atoms with Gasteiger partial charge in [-0.05, 0) is 6.92 Å². The van der Waals surface area contributed by atoms with Gasteiger partial charge in [-0.1, -0.05) is 11.6 Å². The maximum absolute atomic E-state index is 11.8. The molecule has 2 nitrogen and oxygen atoms in total. The van der Waals surface area contributed by atoms with E-state index in [1.165, 1.54) is 0 Å². The zero-order valence-electron chi connectivity index (χ0n) is 5.60. The van der Waals surface area contributed by atoms with Crippen molar-refractivity contribution >= 4 is 0 Å². The minimum absolute atomic E-state index is 0.430. The molecule has 0 saturated heterocycles. The molecule has 3 heteroatoms. The summed E-state index contributed by atoms with van der Waals surface area (Å²) >= 11 is 0. The summed E-state index contributed by atoms with van der Waals surface area (Å²) in [6.45, 7) is 1.69. The van der Waals surface area contributed by atoms with Gasteiger partial charge in [-0.15, -0.1) is 0 Å². The van der Waals surface area contributed by atoms with Crippen LogP contribution in [0.2, 0.25) is 0 Å².